The van der Waals surface area contributed by atoms with E-state index in [1.54, 1.807) is 0 Å². The Kier molecular flexibility index (Phi) is 6.70. The van der Waals surface area contributed by atoms with Crippen LogP contribution in [0.1, 0.15) is 79.1 Å². The van der Waals surface area contributed by atoms with Gasteiger partial charge in [0.05, 0.1) is 0 Å². The van der Waals surface area contributed by atoms with Crippen molar-refractivity contribution < 1.29 is 0 Å². The third-order valence-electron chi connectivity index (χ3n) is 5.16. The molecule has 0 aliphatic heterocycles. The second-order valence-electron chi connectivity index (χ2n) is 7.32. The van der Waals surface area contributed by atoms with Crippen LogP contribution in [0.5, 0.6) is 0 Å². The van der Waals surface area contributed by atoms with Gasteiger partial charge in [0.1, 0.15) is 0 Å². The molecule has 1 saturated carbocycles. The van der Waals surface area contributed by atoms with Crippen LogP contribution < -0.4 is 5.73 Å². The molecule has 0 aromatic rings. The van der Waals surface area contributed by atoms with Crippen molar-refractivity contribution in [3.8, 4) is 0 Å². The largest absolute Gasteiger partial charge is 0.330 e. The highest BCUT2D eigenvalue weighted by Crippen LogP contribution is 2.44. The van der Waals surface area contributed by atoms with Crippen molar-refractivity contribution in [3.63, 3.8) is 0 Å². The van der Waals surface area contributed by atoms with Crippen LogP contribution in [0.25, 0.3) is 0 Å². The molecule has 1 aliphatic carbocycles. The third-order valence-corrected chi connectivity index (χ3v) is 5.16. The first-order chi connectivity index (χ1) is 8.52. The molecule has 2 N–H and O–H groups in total. The molecule has 0 aromatic heterocycles. The van der Waals surface area contributed by atoms with Gasteiger partial charge in [-0.05, 0) is 55.4 Å². The van der Waals surface area contributed by atoms with Gasteiger partial charge in [-0.25, -0.2) is 0 Å². The van der Waals surface area contributed by atoms with Crippen molar-refractivity contribution >= 4 is 0 Å². The van der Waals surface area contributed by atoms with Crippen LogP contribution in [0, 0.1) is 23.2 Å². The standard InChI is InChI=1S/C17H35N/c1-5-7-8-14(6-2)11-16-12-17(3,4)10-9-15(16)13-18/h14-16H,5-13,18H2,1-4H3. The Labute approximate surface area is 115 Å². The van der Waals surface area contributed by atoms with Crippen molar-refractivity contribution in [2.75, 3.05) is 6.54 Å². The molecule has 1 nitrogen and oxygen atoms in total. The Morgan fingerprint density at radius 3 is 2.50 bits per heavy atom. The van der Waals surface area contributed by atoms with Gasteiger partial charge >= 0.3 is 0 Å². The second kappa shape index (κ2) is 7.53. The Hall–Kier alpha value is -0.0400. The van der Waals surface area contributed by atoms with Gasteiger partial charge in [-0.1, -0.05) is 53.4 Å². The molecule has 1 heteroatoms. The zero-order valence-electron chi connectivity index (χ0n) is 13.2. The fourth-order valence-electron chi connectivity index (χ4n) is 3.79. The van der Waals surface area contributed by atoms with E-state index < -0.39 is 0 Å². The summed E-state index contributed by atoms with van der Waals surface area (Å²) in [5.41, 5.74) is 6.55. The molecule has 108 valence electrons. The molecular weight excluding hydrogens is 218 g/mol. The Balaban J connectivity index is 2.53. The fourth-order valence-corrected chi connectivity index (χ4v) is 3.79. The van der Waals surface area contributed by atoms with Crippen molar-refractivity contribution in [2.24, 2.45) is 28.9 Å². The van der Waals surface area contributed by atoms with Crippen LogP contribution in [0.4, 0.5) is 0 Å². The summed E-state index contributed by atoms with van der Waals surface area (Å²) < 4.78 is 0. The third kappa shape index (κ3) is 4.91. The van der Waals surface area contributed by atoms with E-state index in [4.69, 9.17) is 5.73 Å². The summed E-state index contributed by atoms with van der Waals surface area (Å²) in [5.74, 6) is 2.63. The van der Waals surface area contributed by atoms with Crippen molar-refractivity contribution in [1.29, 1.82) is 0 Å². The molecule has 1 rings (SSSR count). The highest BCUT2D eigenvalue weighted by molar-refractivity contribution is 4.86. The van der Waals surface area contributed by atoms with E-state index in [0.29, 0.717) is 5.41 Å². The van der Waals surface area contributed by atoms with E-state index in [0.717, 1.165) is 24.3 Å². The molecule has 1 fully saturated rings. The van der Waals surface area contributed by atoms with Crippen LogP contribution in [0.3, 0.4) is 0 Å². The van der Waals surface area contributed by atoms with Crippen LogP contribution >= 0.6 is 0 Å². The first kappa shape index (κ1) is 16.0. The first-order valence-corrected chi connectivity index (χ1v) is 8.22. The van der Waals surface area contributed by atoms with Crippen LogP contribution in [-0.2, 0) is 0 Å². The SMILES string of the molecule is CCCCC(CC)CC1CC(C)(C)CCC1CN. The lowest BCUT2D eigenvalue weighted by Gasteiger charge is -2.42. The molecule has 0 amide bonds. The summed E-state index contributed by atoms with van der Waals surface area (Å²) in [5, 5.41) is 0. The number of rotatable bonds is 7. The monoisotopic (exact) mass is 253 g/mol. The summed E-state index contributed by atoms with van der Waals surface area (Å²) >= 11 is 0. The molecular formula is C17H35N. The van der Waals surface area contributed by atoms with Gasteiger partial charge in [0.15, 0.2) is 0 Å². The van der Waals surface area contributed by atoms with E-state index >= 15 is 0 Å². The summed E-state index contributed by atoms with van der Waals surface area (Å²) in [6.07, 6.45) is 11.1. The van der Waals surface area contributed by atoms with Gasteiger partial charge in [-0.3, -0.25) is 0 Å². The van der Waals surface area contributed by atoms with Crippen molar-refractivity contribution in [2.45, 2.75) is 79.1 Å². The molecule has 0 spiro atoms. The predicted octanol–water partition coefficient (Wildman–Crippen LogP) is 4.99. The Bertz CT molecular complexity index is 222. The number of hydrogen-bond donors (Lipinski definition) is 1. The Morgan fingerprint density at radius 2 is 1.94 bits per heavy atom. The van der Waals surface area contributed by atoms with Gasteiger partial charge in [-0.2, -0.15) is 0 Å². The van der Waals surface area contributed by atoms with Crippen LogP contribution in [-0.4, -0.2) is 6.54 Å². The lowest BCUT2D eigenvalue weighted by molar-refractivity contribution is 0.0993. The van der Waals surface area contributed by atoms with E-state index in [-0.39, 0.29) is 0 Å². The molecule has 0 bridgehead atoms. The molecule has 18 heavy (non-hydrogen) atoms. The highest BCUT2D eigenvalue weighted by Gasteiger charge is 2.34. The van der Waals surface area contributed by atoms with Crippen LogP contribution in [0.15, 0.2) is 0 Å². The average molecular weight is 253 g/mol. The van der Waals surface area contributed by atoms with Gasteiger partial charge in [0.25, 0.3) is 0 Å². The molecule has 0 aromatic carbocycles. The molecule has 0 radical (unpaired) electrons. The van der Waals surface area contributed by atoms with E-state index in [1.165, 1.54) is 51.4 Å². The Morgan fingerprint density at radius 1 is 1.22 bits per heavy atom. The molecule has 1 aliphatic rings. The zero-order chi connectivity index (χ0) is 13.6. The summed E-state index contributed by atoms with van der Waals surface area (Å²) in [7, 11) is 0. The van der Waals surface area contributed by atoms with Gasteiger partial charge < -0.3 is 5.73 Å². The minimum atomic E-state index is 0.555. The second-order valence-corrected chi connectivity index (χ2v) is 7.32. The lowest BCUT2D eigenvalue weighted by Crippen LogP contribution is -2.35. The molecule has 3 atom stereocenters. The highest BCUT2D eigenvalue weighted by atomic mass is 14.6. The van der Waals surface area contributed by atoms with E-state index in [9.17, 15) is 0 Å². The summed E-state index contributed by atoms with van der Waals surface area (Å²) in [6, 6.07) is 0. The quantitative estimate of drug-likeness (QED) is 0.679. The maximum absolute atomic E-state index is 6.00. The van der Waals surface area contributed by atoms with Crippen LogP contribution in [0.2, 0.25) is 0 Å². The maximum Gasteiger partial charge on any atom is -0.00462 e. The molecule has 0 saturated heterocycles. The fraction of sp³-hybridized carbons (Fsp3) is 1.00. The van der Waals surface area contributed by atoms with E-state index in [1.807, 2.05) is 0 Å². The number of unbranched alkanes of at least 4 members (excludes halogenated alkanes) is 1. The number of hydrogen-bond acceptors (Lipinski definition) is 1. The summed E-state index contributed by atoms with van der Waals surface area (Å²) in [4.78, 5) is 0. The van der Waals surface area contributed by atoms with Gasteiger partial charge in [0, 0.05) is 0 Å². The maximum atomic E-state index is 6.00. The predicted molar refractivity (Wildman–Crippen MR) is 81.6 cm³/mol. The number of nitrogens with two attached hydrogens (primary N) is 1. The summed E-state index contributed by atoms with van der Waals surface area (Å²) in [6.45, 7) is 10.5. The normalized spacial score (nSPS) is 29.2. The molecule has 0 heterocycles. The lowest BCUT2D eigenvalue weighted by atomic mass is 9.64. The van der Waals surface area contributed by atoms with Gasteiger partial charge in [-0.15, -0.1) is 0 Å². The van der Waals surface area contributed by atoms with E-state index in [2.05, 4.69) is 27.7 Å². The molecule has 3 unspecified atom stereocenters. The first-order valence-electron chi connectivity index (χ1n) is 8.22. The topological polar surface area (TPSA) is 26.0 Å². The van der Waals surface area contributed by atoms with Crippen molar-refractivity contribution in [1.82, 2.24) is 0 Å². The minimum Gasteiger partial charge on any atom is -0.330 e. The smallest absolute Gasteiger partial charge is 0.00462 e. The minimum absolute atomic E-state index is 0.555. The van der Waals surface area contributed by atoms with Gasteiger partial charge in [0.2, 0.25) is 0 Å². The van der Waals surface area contributed by atoms with Crippen molar-refractivity contribution in [3.05, 3.63) is 0 Å². The zero-order valence-corrected chi connectivity index (χ0v) is 13.2. The average Bonchev–Trinajstić information content (AvgIpc) is 2.33.